The maximum Gasteiger partial charge on any atom is 0.312 e. The van der Waals surface area contributed by atoms with Gasteiger partial charge in [-0.15, -0.1) is 0 Å². The number of carbonyl (C=O) groups excluding carboxylic acids is 1. The van der Waals surface area contributed by atoms with Gasteiger partial charge in [0.1, 0.15) is 5.60 Å². The molecule has 0 aromatic carbocycles. The Morgan fingerprint density at radius 3 is 1.81 bits per heavy atom. The third kappa shape index (κ3) is 2.11. The first-order valence-electron chi connectivity index (χ1n) is 11.6. The van der Waals surface area contributed by atoms with Gasteiger partial charge in [-0.3, -0.25) is 4.79 Å². The normalized spacial score (nSPS) is 47.6. The first-order valence-corrected chi connectivity index (χ1v) is 11.6. The lowest BCUT2D eigenvalue weighted by atomic mass is 9.28. The number of esters is 1. The summed E-state index contributed by atoms with van der Waals surface area (Å²) in [7, 11) is 0. The van der Waals surface area contributed by atoms with Crippen LogP contribution in [0.5, 0.6) is 0 Å². The molecule has 7 saturated carbocycles. The Morgan fingerprint density at radius 2 is 1.30 bits per heavy atom. The van der Waals surface area contributed by atoms with Crippen molar-refractivity contribution in [2.75, 3.05) is 0 Å². The Kier molecular flexibility index (Phi) is 3.52. The van der Waals surface area contributed by atoms with Gasteiger partial charge in [-0.05, 0) is 113 Å². The molecular weight excluding hydrogens is 332 g/mol. The van der Waals surface area contributed by atoms with Crippen LogP contribution in [-0.2, 0) is 9.53 Å². The van der Waals surface area contributed by atoms with Gasteiger partial charge in [-0.1, -0.05) is 20.8 Å². The minimum absolute atomic E-state index is 0.0129. The van der Waals surface area contributed by atoms with E-state index in [1.807, 2.05) is 0 Å². The highest BCUT2D eigenvalue weighted by Gasteiger charge is 2.74. The maximum absolute atomic E-state index is 13.4. The zero-order valence-corrected chi connectivity index (χ0v) is 18.6. The topological polar surface area (TPSA) is 26.3 Å². The molecule has 0 aliphatic heterocycles. The van der Waals surface area contributed by atoms with E-state index in [2.05, 4.69) is 48.5 Å². The van der Waals surface area contributed by atoms with Crippen molar-refractivity contribution in [3.63, 3.8) is 0 Å². The van der Waals surface area contributed by atoms with Crippen LogP contribution in [0.2, 0.25) is 0 Å². The van der Waals surface area contributed by atoms with Gasteiger partial charge in [-0.2, -0.15) is 0 Å². The third-order valence-corrected chi connectivity index (χ3v) is 10.9. The number of hydrogen-bond donors (Lipinski definition) is 0. The summed E-state index contributed by atoms with van der Waals surface area (Å²) in [5, 5.41) is 0. The van der Waals surface area contributed by atoms with Crippen molar-refractivity contribution < 1.29 is 9.53 Å². The molecule has 8 bridgehead atoms. The van der Waals surface area contributed by atoms with Gasteiger partial charge in [0.15, 0.2) is 0 Å². The van der Waals surface area contributed by atoms with Crippen molar-refractivity contribution >= 4 is 5.97 Å². The highest BCUT2D eigenvalue weighted by Crippen LogP contribution is 2.78. The van der Waals surface area contributed by atoms with Crippen LogP contribution in [0.15, 0.2) is 0 Å². The average molecular weight is 373 g/mol. The van der Waals surface area contributed by atoms with Crippen LogP contribution in [0.3, 0.4) is 0 Å². The van der Waals surface area contributed by atoms with Crippen LogP contribution in [0.1, 0.15) is 87.0 Å². The lowest BCUT2D eigenvalue weighted by Crippen LogP contribution is -2.73. The first-order chi connectivity index (χ1) is 12.4. The molecule has 152 valence electrons. The zero-order chi connectivity index (χ0) is 19.6. The number of rotatable bonds is 3. The molecule has 7 fully saturated rings. The van der Waals surface area contributed by atoms with Crippen molar-refractivity contribution in [2.24, 2.45) is 57.7 Å². The van der Waals surface area contributed by atoms with E-state index in [0.29, 0.717) is 0 Å². The zero-order valence-electron chi connectivity index (χ0n) is 18.6. The number of hydrogen-bond acceptors (Lipinski definition) is 2. The minimum Gasteiger partial charge on any atom is -0.459 e. The molecule has 7 aliphatic rings. The van der Waals surface area contributed by atoms with Crippen molar-refractivity contribution in [1.82, 2.24) is 0 Å². The molecule has 0 saturated heterocycles. The van der Waals surface area contributed by atoms with Crippen molar-refractivity contribution in [2.45, 2.75) is 92.6 Å². The van der Waals surface area contributed by atoms with Crippen LogP contribution in [0.4, 0.5) is 0 Å². The van der Waals surface area contributed by atoms with Crippen LogP contribution in [0.25, 0.3) is 0 Å². The molecule has 2 heteroatoms. The summed E-state index contributed by atoms with van der Waals surface area (Å²) >= 11 is 0. The number of carbonyl (C=O) groups is 1. The van der Waals surface area contributed by atoms with Gasteiger partial charge in [0, 0.05) is 5.41 Å². The van der Waals surface area contributed by atoms with Gasteiger partial charge in [0.05, 0.1) is 5.41 Å². The largest absolute Gasteiger partial charge is 0.459 e. The molecule has 0 amide bonds. The molecule has 0 radical (unpaired) electrons. The molecule has 7 rings (SSSR count). The van der Waals surface area contributed by atoms with E-state index in [1.54, 1.807) is 0 Å². The molecule has 7 aliphatic carbocycles. The first kappa shape index (κ1) is 18.5. The van der Waals surface area contributed by atoms with E-state index in [1.165, 1.54) is 38.5 Å². The lowest BCUT2D eigenvalue weighted by molar-refractivity contribution is -0.310. The van der Waals surface area contributed by atoms with Gasteiger partial charge in [-0.25, -0.2) is 0 Å². The molecule has 0 spiro atoms. The van der Waals surface area contributed by atoms with E-state index < -0.39 is 5.41 Å². The van der Waals surface area contributed by atoms with Gasteiger partial charge < -0.3 is 4.74 Å². The Labute approximate surface area is 166 Å². The van der Waals surface area contributed by atoms with Crippen LogP contribution >= 0.6 is 0 Å². The Bertz CT molecular complexity index is 642. The van der Waals surface area contributed by atoms with Crippen LogP contribution in [0, 0.1) is 57.7 Å². The Hall–Kier alpha value is -0.530. The van der Waals surface area contributed by atoms with Crippen LogP contribution in [-0.4, -0.2) is 11.6 Å². The highest BCUT2D eigenvalue weighted by atomic mass is 16.6. The fraction of sp³-hybridized carbons (Fsp3) is 0.960. The predicted molar refractivity (Wildman–Crippen MR) is 108 cm³/mol. The molecule has 2 nitrogen and oxygen atoms in total. The van der Waals surface area contributed by atoms with E-state index in [-0.39, 0.29) is 22.4 Å². The van der Waals surface area contributed by atoms with Gasteiger partial charge in [0.25, 0.3) is 0 Å². The fourth-order valence-corrected chi connectivity index (χ4v) is 8.86. The second-order valence-electron chi connectivity index (χ2n) is 13.1. The maximum atomic E-state index is 13.4. The number of ether oxygens (including phenoxy) is 1. The average Bonchev–Trinajstić information content (AvgIpc) is 2.57. The van der Waals surface area contributed by atoms with E-state index >= 15 is 0 Å². The SMILES string of the molecule is CC(C)(C)C(C)(C)C(=O)OC(C)(C)C12CC3CC4C5CC(CC41)CC2C5C3. The van der Waals surface area contributed by atoms with E-state index in [9.17, 15) is 4.79 Å². The lowest BCUT2D eigenvalue weighted by Gasteiger charge is -2.77. The summed E-state index contributed by atoms with van der Waals surface area (Å²) in [6, 6.07) is 0. The van der Waals surface area contributed by atoms with Gasteiger partial charge >= 0.3 is 5.97 Å². The molecule has 0 aromatic heterocycles. The van der Waals surface area contributed by atoms with Gasteiger partial charge in [0.2, 0.25) is 0 Å². The molecule has 0 N–H and O–H groups in total. The molecule has 27 heavy (non-hydrogen) atoms. The quantitative estimate of drug-likeness (QED) is 0.560. The summed E-state index contributed by atoms with van der Waals surface area (Å²) in [4.78, 5) is 13.4. The molecule has 4 atom stereocenters. The van der Waals surface area contributed by atoms with Crippen LogP contribution < -0.4 is 0 Å². The van der Waals surface area contributed by atoms with Crippen molar-refractivity contribution in [1.29, 1.82) is 0 Å². The third-order valence-electron chi connectivity index (χ3n) is 10.9. The standard InChI is InChI=1S/C25H40O2/c1-22(2,3)23(4,5)21(26)27-24(6,7)25-13-15-9-17-16-8-14(11-19(17)25)12-20(25)18(16)10-15/h14-20H,8-13H2,1-7H3. The fourth-order valence-electron chi connectivity index (χ4n) is 8.86. The Balaban J connectivity index is 1.51. The summed E-state index contributed by atoms with van der Waals surface area (Å²) in [5.74, 6) is 6.38. The summed E-state index contributed by atoms with van der Waals surface area (Å²) in [6.07, 6.45) is 8.63. The molecular formula is C25H40O2. The molecule has 0 aromatic rings. The summed E-state index contributed by atoms with van der Waals surface area (Å²) in [5.41, 5.74) is -0.658. The second-order valence-corrected chi connectivity index (χ2v) is 13.1. The minimum atomic E-state index is -0.468. The smallest absolute Gasteiger partial charge is 0.312 e. The highest BCUT2D eigenvalue weighted by molar-refractivity contribution is 5.77. The summed E-state index contributed by atoms with van der Waals surface area (Å²) < 4.78 is 6.56. The monoisotopic (exact) mass is 372 g/mol. The van der Waals surface area contributed by atoms with E-state index in [4.69, 9.17) is 4.74 Å². The second kappa shape index (κ2) is 5.14. The van der Waals surface area contributed by atoms with Crippen molar-refractivity contribution in [3.05, 3.63) is 0 Å². The molecule has 4 unspecified atom stereocenters. The van der Waals surface area contributed by atoms with E-state index in [0.717, 1.165) is 41.4 Å². The summed E-state index contributed by atoms with van der Waals surface area (Å²) in [6.45, 7) is 15.2. The molecule has 0 heterocycles. The Morgan fingerprint density at radius 1 is 0.778 bits per heavy atom. The predicted octanol–water partition coefficient (Wildman–Crippen LogP) is 6.09. The van der Waals surface area contributed by atoms with Crippen molar-refractivity contribution in [3.8, 4) is 0 Å².